The van der Waals surface area contributed by atoms with Gasteiger partial charge in [0.05, 0.1) is 0 Å². The molecule has 0 aliphatic heterocycles. The van der Waals surface area contributed by atoms with Crippen LogP contribution in [0.5, 0.6) is 0 Å². The molecule has 2 amide bonds. The zero-order valence-electron chi connectivity index (χ0n) is 16.7. The Morgan fingerprint density at radius 3 is 2.13 bits per heavy atom. The molecule has 1 fully saturated rings. The highest BCUT2D eigenvalue weighted by Gasteiger charge is 2.46. The van der Waals surface area contributed by atoms with Crippen molar-refractivity contribution < 1.29 is 24.2 Å². The highest BCUT2D eigenvalue weighted by Crippen LogP contribution is 2.44. The average molecular weight is 408 g/mol. The van der Waals surface area contributed by atoms with Crippen molar-refractivity contribution >= 4 is 18.0 Å². The summed E-state index contributed by atoms with van der Waals surface area (Å²) in [5.74, 6) is -1.68. The van der Waals surface area contributed by atoms with Crippen molar-refractivity contribution in [2.45, 2.75) is 43.7 Å². The van der Waals surface area contributed by atoms with Crippen molar-refractivity contribution in [3.63, 3.8) is 0 Å². The zero-order chi connectivity index (χ0) is 21.3. The Kier molecular flexibility index (Phi) is 5.20. The minimum absolute atomic E-state index is 0.0682. The fourth-order valence-corrected chi connectivity index (χ4v) is 4.17. The summed E-state index contributed by atoms with van der Waals surface area (Å²) < 4.78 is 5.53. The third-order valence-corrected chi connectivity index (χ3v) is 6.04. The Morgan fingerprint density at radius 1 is 1.07 bits per heavy atom. The Hall–Kier alpha value is -3.35. The maximum absolute atomic E-state index is 12.5. The number of rotatable bonds is 6. The zero-order valence-corrected chi connectivity index (χ0v) is 16.7. The molecule has 0 radical (unpaired) electrons. The predicted octanol–water partition coefficient (Wildman–Crippen LogP) is 3.04. The van der Waals surface area contributed by atoms with Crippen molar-refractivity contribution in [3.05, 3.63) is 59.7 Å². The highest BCUT2D eigenvalue weighted by atomic mass is 16.5. The van der Waals surface area contributed by atoms with E-state index >= 15 is 0 Å². The molecule has 0 unspecified atom stereocenters. The van der Waals surface area contributed by atoms with Gasteiger partial charge in [-0.3, -0.25) is 9.59 Å². The SMILES string of the molecule is C[C@@H](NC(=O)C1(NC(=O)OCC2c3ccccc3-c3ccccc32)CCC1)C(=O)O. The van der Waals surface area contributed by atoms with Gasteiger partial charge in [0, 0.05) is 5.92 Å². The monoisotopic (exact) mass is 408 g/mol. The van der Waals surface area contributed by atoms with E-state index < -0.39 is 29.6 Å². The molecule has 2 aliphatic carbocycles. The summed E-state index contributed by atoms with van der Waals surface area (Å²) in [5.41, 5.74) is 3.39. The number of carboxylic acids is 1. The van der Waals surface area contributed by atoms with E-state index in [2.05, 4.69) is 22.8 Å². The van der Waals surface area contributed by atoms with Crippen LogP contribution < -0.4 is 10.6 Å². The van der Waals surface area contributed by atoms with Crippen LogP contribution in [0.2, 0.25) is 0 Å². The molecular weight excluding hydrogens is 384 g/mol. The van der Waals surface area contributed by atoms with Gasteiger partial charge in [-0.15, -0.1) is 0 Å². The Bertz CT molecular complexity index is 953. The molecule has 2 aromatic carbocycles. The van der Waals surface area contributed by atoms with Crippen LogP contribution in [-0.2, 0) is 14.3 Å². The summed E-state index contributed by atoms with van der Waals surface area (Å²) in [4.78, 5) is 36.1. The molecule has 1 atom stereocenters. The fraction of sp³-hybridized carbons (Fsp3) is 0.348. The molecule has 7 heteroatoms. The van der Waals surface area contributed by atoms with Gasteiger partial charge in [-0.25, -0.2) is 4.79 Å². The standard InChI is InChI=1S/C23H24N2O5/c1-14(20(26)27)24-21(28)23(11-6-12-23)25-22(29)30-13-19-17-9-4-2-7-15(17)16-8-3-5-10-18(16)19/h2-5,7-10,14,19H,6,11-13H2,1H3,(H,24,28)(H,25,29)(H,26,27)/t14-/m1/s1. The first kappa shape index (κ1) is 19.9. The van der Waals surface area contributed by atoms with Gasteiger partial charge in [0.25, 0.3) is 0 Å². The van der Waals surface area contributed by atoms with Crippen LogP contribution in [0.25, 0.3) is 11.1 Å². The number of hydrogen-bond donors (Lipinski definition) is 3. The fourth-order valence-electron chi connectivity index (χ4n) is 4.17. The van der Waals surface area contributed by atoms with Crippen LogP contribution in [-0.4, -0.2) is 41.3 Å². The molecule has 7 nitrogen and oxygen atoms in total. The van der Waals surface area contributed by atoms with Gasteiger partial charge in [0.1, 0.15) is 18.2 Å². The maximum Gasteiger partial charge on any atom is 0.408 e. The number of hydrogen-bond acceptors (Lipinski definition) is 4. The number of alkyl carbamates (subject to hydrolysis) is 1. The maximum atomic E-state index is 12.5. The van der Waals surface area contributed by atoms with Crippen LogP contribution in [0, 0.1) is 0 Å². The lowest BCUT2D eigenvalue weighted by molar-refractivity contribution is -0.143. The second-order valence-electron chi connectivity index (χ2n) is 7.92. The molecule has 2 aromatic rings. The van der Waals surface area contributed by atoms with Crippen LogP contribution >= 0.6 is 0 Å². The number of nitrogens with one attached hydrogen (secondary N) is 2. The van der Waals surface area contributed by atoms with Crippen LogP contribution in [0.1, 0.15) is 43.2 Å². The topological polar surface area (TPSA) is 105 Å². The number of benzene rings is 2. The molecule has 4 rings (SSSR count). The van der Waals surface area contributed by atoms with Crippen LogP contribution in [0.3, 0.4) is 0 Å². The first-order valence-electron chi connectivity index (χ1n) is 10.1. The summed E-state index contributed by atoms with van der Waals surface area (Å²) in [6, 6.07) is 15.1. The second kappa shape index (κ2) is 7.82. The minimum Gasteiger partial charge on any atom is -0.480 e. The Balaban J connectivity index is 1.43. The molecule has 2 aliphatic rings. The van der Waals surface area contributed by atoms with E-state index in [1.165, 1.54) is 6.92 Å². The molecule has 3 N–H and O–H groups in total. The van der Waals surface area contributed by atoms with Gasteiger partial charge in [0.15, 0.2) is 0 Å². The van der Waals surface area contributed by atoms with Gasteiger partial charge in [0.2, 0.25) is 5.91 Å². The molecule has 0 bridgehead atoms. The third-order valence-electron chi connectivity index (χ3n) is 6.04. The lowest BCUT2D eigenvalue weighted by Gasteiger charge is -2.40. The summed E-state index contributed by atoms with van der Waals surface area (Å²) in [5, 5.41) is 14.1. The predicted molar refractivity (Wildman–Crippen MR) is 110 cm³/mol. The Labute approximate surface area is 174 Å². The van der Waals surface area contributed by atoms with Gasteiger partial charge in [-0.1, -0.05) is 48.5 Å². The smallest absolute Gasteiger partial charge is 0.408 e. The number of carbonyl (C=O) groups is 3. The minimum atomic E-state index is -1.13. The summed E-state index contributed by atoms with van der Waals surface area (Å²) in [6.07, 6.45) is 1.01. The lowest BCUT2D eigenvalue weighted by atomic mass is 9.76. The van der Waals surface area contributed by atoms with E-state index in [1.54, 1.807) is 0 Å². The quantitative estimate of drug-likeness (QED) is 0.681. The Morgan fingerprint density at radius 2 is 1.63 bits per heavy atom. The van der Waals surface area contributed by atoms with Crippen molar-refractivity contribution in [1.82, 2.24) is 10.6 Å². The summed E-state index contributed by atoms with van der Waals surface area (Å²) in [7, 11) is 0. The van der Waals surface area contributed by atoms with Crippen molar-refractivity contribution in [3.8, 4) is 11.1 Å². The number of aliphatic carboxylic acids is 1. The van der Waals surface area contributed by atoms with E-state index in [9.17, 15) is 14.4 Å². The largest absolute Gasteiger partial charge is 0.480 e. The first-order valence-corrected chi connectivity index (χ1v) is 10.1. The van der Waals surface area contributed by atoms with E-state index in [4.69, 9.17) is 9.84 Å². The molecule has 0 spiro atoms. The second-order valence-corrected chi connectivity index (χ2v) is 7.92. The van der Waals surface area contributed by atoms with Crippen molar-refractivity contribution in [2.24, 2.45) is 0 Å². The molecule has 156 valence electrons. The molecule has 0 heterocycles. The van der Waals surface area contributed by atoms with Crippen molar-refractivity contribution in [1.29, 1.82) is 0 Å². The van der Waals surface area contributed by atoms with Gasteiger partial charge < -0.3 is 20.5 Å². The average Bonchev–Trinajstić information content (AvgIpc) is 3.03. The van der Waals surface area contributed by atoms with Gasteiger partial charge >= 0.3 is 12.1 Å². The van der Waals surface area contributed by atoms with E-state index in [0.717, 1.165) is 28.7 Å². The molecule has 0 saturated heterocycles. The summed E-state index contributed by atoms with van der Waals surface area (Å²) in [6.45, 7) is 1.54. The van der Waals surface area contributed by atoms with Crippen LogP contribution in [0.15, 0.2) is 48.5 Å². The third kappa shape index (κ3) is 3.51. The summed E-state index contributed by atoms with van der Waals surface area (Å²) >= 11 is 0. The number of ether oxygens (including phenoxy) is 1. The van der Waals surface area contributed by atoms with Gasteiger partial charge in [-0.05, 0) is 48.4 Å². The molecule has 1 saturated carbocycles. The number of fused-ring (bicyclic) bond motifs is 3. The molecule has 0 aromatic heterocycles. The number of carboxylic acid groups (broad SMARTS) is 1. The molecular formula is C23H24N2O5. The van der Waals surface area contributed by atoms with E-state index in [1.807, 2.05) is 36.4 Å². The van der Waals surface area contributed by atoms with Crippen molar-refractivity contribution in [2.75, 3.05) is 6.61 Å². The number of amides is 2. The lowest BCUT2D eigenvalue weighted by Crippen LogP contribution is -2.64. The van der Waals surface area contributed by atoms with Gasteiger partial charge in [-0.2, -0.15) is 0 Å². The highest BCUT2D eigenvalue weighted by molar-refractivity contribution is 5.93. The van der Waals surface area contributed by atoms with Crippen LogP contribution in [0.4, 0.5) is 4.79 Å². The molecule has 30 heavy (non-hydrogen) atoms. The number of carbonyl (C=O) groups excluding carboxylic acids is 2. The van der Waals surface area contributed by atoms with E-state index in [0.29, 0.717) is 12.8 Å². The normalized spacial score (nSPS) is 17.1. The first-order chi connectivity index (χ1) is 14.4. The van der Waals surface area contributed by atoms with E-state index in [-0.39, 0.29) is 12.5 Å².